The molecule has 2 aromatic carbocycles. The molecule has 0 spiro atoms. The largest absolute Gasteiger partial charge is 0.493 e. The van der Waals surface area contributed by atoms with Crippen molar-refractivity contribution in [3.63, 3.8) is 0 Å². The van der Waals surface area contributed by atoms with Gasteiger partial charge in [-0.15, -0.1) is 0 Å². The third-order valence-electron chi connectivity index (χ3n) is 4.57. The van der Waals surface area contributed by atoms with Crippen molar-refractivity contribution in [1.29, 1.82) is 0 Å². The second-order valence-electron chi connectivity index (χ2n) is 6.90. The quantitative estimate of drug-likeness (QED) is 0.445. The SMILES string of the molecule is COc1ccc(CCNC(=O)C(=COC(F)F)c2ccc(C(C)C)cc2)cc1OC. The highest BCUT2D eigenvalue weighted by molar-refractivity contribution is 6.19. The third kappa shape index (κ3) is 6.47. The van der Waals surface area contributed by atoms with Gasteiger partial charge in [-0.25, -0.2) is 0 Å². The summed E-state index contributed by atoms with van der Waals surface area (Å²) in [6, 6.07) is 12.7. The number of carbonyl (C=O) groups is 1. The molecule has 7 heteroatoms. The Kier molecular flexibility index (Phi) is 8.65. The van der Waals surface area contributed by atoms with Gasteiger partial charge in [0.05, 0.1) is 19.8 Å². The van der Waals surface area contributed by atoms with Gasteiger partial charge in [-0.3, -0.25) is 4.79 Å². The summed E-state index contributed by atoms with van der Waals surface area (Å²) in [5.41, 5.74) is 2.56. The van der Waals surface area contributed by atoms with Gasteiger partial charge in [-0.1, -0.05) is 44.2 Å². The maximum atomic E-state index is 12.6. The standard InChI is InChI=1S/C23H27F2NO4/c1-15(2)17-6-8-18(9-7-17)19(14-30-23(24)25)22(27)26-12-11-16-5-10-20(28-3)21(13-16)29-4/h5-10,13-15,23H,11-12H2,1-4H3,(H,26,27). The zero-order chi connectivity index (χ0) is 22.1. The first kappa shape index (κ1) is 23.2. The minimum Gasteiger partial charge on any atom is -0.493 e. The molecule has 2 rings (SSSR count). The molecule has 162 valence electrons. The molecule has 1 amide bonds. The van der Waals surface area contributed by atoms with Crippen molar-refractivity contribution >= 4 is 11.5 Å². The summed E-state index contributed by atoms with van der Waals surface area (Å²) in [5, 5.41) is 2.75. The number of ether oxygens (including phenoxy) is 3. The lowest BCUT2D eigenvalue weighted by atomic mass is 9.99. The van der Waals surface area contributed by atoms with Crippen LogP contribution in [0, 0.1) is 0 Å². The predicted octanol–water partition coefficient (Wildman–Crippen LogP) is 4.77. The third-order valence-corrected chi connectivity index (χ3v) is 4.57. The Morgan fingerprint density at radius 3 is 2.27 bits per heavy atom. The zero-order valence-corrected chi connectivity index (χ0v) is 17.6. The highest BCUT2D eigenvalue weighted by Gasteiger charge is 2.15. The van der Waals surface area contributed by atoms with Gasteiger partial charge in [-0.05, 0) is 41.2 Å². The lowest BCUT2D eigenvalue weighted by Crippen LogP contribution is -2.27. The van der Waals surface area contributed by atoms with Gasteiger partial charge in [0.2, 0.25) is 0 Å². The number of methoxy groups -OCH3 is 2. The van der Waals surface area contributed by atoms with Crippen molar-refractivity contribution < 1.29 is 27.8 Å². The first-order valence-corrected chi connectivity index (χ1v) is 9.59. The van der Waals surface area contributed by atoms with Gasteiger partial charge >= 0.3 is 6.61 Å². The average Bonchev–Trinajstić information content (AvgIpc) is 2.73. The van der Waals surface area contributed by atoms with Crippen molar-refractivity contribution in [3.05, 3.63) is 65.4 Å². The maximum Gasteiger partial charge on any atom is 0.386 e. The molecule has 0 aliphatic carbocycles. The van der Waals surface area contributed by atoms with Crippen LogP contribution in [0.2, 0.25) is 0 Å². The van der Waals surface area contributed by atoms with Crippen molar-refractivity contribution in [2.24, 2.45) is 0 Å². The Hall–Kier alpha value is -3.09. The van der Waals surface area contributed by atoms with Crippen LogP contribution in [-0.4, -0.2) is 33.3 Å². The molecule has 5 nitrogen and oxygen atoms in total. The minimum atomic E-state index is -3.01. The monoisotopic (exact) mass is 419 g/mol. The number of halogens is 2. The highest BCUT2D eigenvalue weighted by Crippen LogP contribution is 2.27. The van der Waals surface area contributed by atoms with Crippen LogP contribution in [0.15, 0.2) is 48.7 Å². The normalized spacial score (nSPS) is 11.5. The molecule has 0 aromatic heterocycles. The van der Waals surface area contributed by atoms with E-state index in [9.17, 15) is 13.6 Å². The zero-order valence-electron chi connectivity index (χ0n) is 17.6. The Bertz CT molecular complexity index is 864. The molecule has 0 bridgehead atoms. The fourth-order valence-electron chi connectivity index (χ4n) is 2.87. The molecule has 0 aliphatic heterocycles. The first-order chi connectivity index (χ1) is 14.3. The van der Waals surface area contributed by atoms with Crippen LogP contribution in [0.3, 0.4) is 0 Å². The van der Waals surface area contributed by atoms with Crippen LogP contribution >= 0.6 is 0 Å². The van der Waals surface area contributed by atoms with E-state index in [0.29, 0.717) is 35.9 Å². The Morgan fingerprint density at radius 2 is 1.70 bits per heavy atom. The summed E-state index contributed by atoms with van der Waals surface area (Å²) in [4.78, 5) is 12.6. The molecule has 0 radical (unpaired) electrons. The molecule has 2 aromatic rings. The number of nitrogens with one attached hydrogen (secondary N) is 1. The van der Waals surface area contributed by atoms with Gasteiger partial charge in [-0.2, -0.15) is 8.78 Å². The van der Waals surface area contributed by atoms with Gasteiger partial charge in [0.15, 0.2) is 11.5 Å². The molecule has 0 heterocycles. The molecule has 0 atom stereocenters. The smallest absolute Gasteiger partial charge is 0.386 e. The first-order valence-electron chi connectivity index (χ1n) is 9.59. The van der Waals surface area contributed by atoms with E-state index in [1.165, 1.54) is 0 Å². The number of hydrogen-bond donors (Lipinski definition) is 1. The van der Waals surface area contributed by atoms with E-state index in [0.717, 1.165) is 17.4 Å². The lowest BCUT2D eigenvalue weighted by molar-refractivity contribution is -0.116. The predicted molar refractivity (Wildman–Crippen MR) is 112 cm³/mol. The topological polar surface area (TPSA) is 56.8 Å². The van der Waals surface area contributed by atoms with E-state index in [4.69, 9.17) is 9.47 Å². The number of benzene rings is 2. The Morgan fingerprint density at radius 1 is 1.03 bits per heavy atom. The summed E-state index contributed by atoms with van der Waals surface area (Å²) in [7, 11) is 3.11. The van der Waals surface area contributed by atoms with Crippen molar-refractivity contribution in [2.75, 3.05) is 20.8 Å². The molecule has 30 heavy (non-hydrogen) atoms. The molecule has 0 aliphatic rings. The van der Waals surface area contributed by atoms with Crippen LogP contribution in [0.1, 0.15) is 36.5 Å². The molecule has 1 N–H and O–H groups in total. The second-order valence-corrected chi connectivity index (χ2v) is 6.90. The van der Waals surface area contributed by atoms with Gasteiger partial charge in [0, 0.05) is 6.54 Å². The van der Waals surface area contributed by atoms with Crippen LogP contribution < -0.4 is 14.8 Å². The van der Waals surface area contributed by atoms with Crippen LogP contribution in [0.25, 0.3) is 5.57 Å². The maximum absolute atomic E-state index is 12.6. The highest BCUT2D eigenvalue weighted by atomic mass is 19.3. The molecule has 0 fully saturated rings. The average molecular weight is 419 g/mol. The summed E-state index contributed by atoms with van der Waals surface area (Å²) < 4.78 is 39.8. The fourth-order valence-corrected chi connectivity index (χ4v) is 2.87. The van der Waals surface area contributed by atoms with Gasteiger partial charge in [0.25, 0.3) is 5.91 Å². The second kappa shape index (κ2) is 11.2. The Labute approximate surface area is 175 Å². The van der Waals surface area contributed by atoms with Crippen LogP contribution in [0.4, 0.5) is 8.78 Å². The van der Waals surface area contributed by atoms with Gasteiger partial charge in [0.1, 0.15) is 6.26 Å². The van der Waals surface area contributed by atoms with Crippen molar-refractivity contribution in [2.45, 2.75) is 32.8 Å². The van der Waals surface area contributed by atoms with E-state index >= 15 is 0 Å². The van der Waals surface area contributed by atoms with E-state index in [1.54, 1.807) is 32.4 Å². The molecular formula is C23H27F2NO4. The summed E-state index contributed by atoms with van der Waals surface area (Å²) in [5.74, 6) is 1.04. The molecule has 0 unspecified atom stereocenters. The van der Waals surface area contributed by atoms with Crippen molar-refractivity contribution in [3.8, 4) is 11.5 Å². The molecule has 0 saturated heterocycles. The van der Waals surface area contributed by atoms with E-state index < -0.39 is 12.5 Å². The number of rotatable bonds is 10. The Balaban J connectivity index is 2.08. The minimum absolute atomic E-state index is 0.0397. The number of hydrogen-bond acceptors (Lipinski definition) is 4. The van der Waals surface area contributed by atoms with Gasteiger partial charge < -0.3 is 19.5 Å². The van der Waals surface area contributed by atoms with Crippen LogP contribution in [-0.2, 0) is 16.0 Å². The fraction of sp³-hybridized carbons (Fsp3) is 0.348. The summed E-state index contributed by atoms with van der Waals surface area (Å²) >= 11 is 0. The summed E-state index contributed by atoms with van der Waals surface area (Å²) in [6.07, 6.45) is 1.34. The molecule has 0 saturated carbocycles. The summed E-state index contributed by atoms with van der Waals surface area (Å²) in [6.45, 7) is 1.40. The van der Waals surface area contributed by atoms with E-state index in [-0.39, 0.29) is 5.57 Å². The van der Waals surface area contributed by atoms with Crippen molar-refractivity contribution in [1.82, 2.24) is 5.32 Å². The van der Waals surface area contributed by atoms with Crippen LogP contribution in [0.5, 0.6) is 11.5 Å². The number of carbonyl (C=O) groups excluding carboxylic acids is 1. The molecular weight excluding hydrogens is 392 g/mol. The number of amides is 1. The van der Waals surface area contributed by atoms with E-state index in [1.807, 2.05) is 38.1 Å². The lowest BCUT2D eigenvalue weighted by Gasteiger charge is -2.12. The number of alkyl halides is 2. The van der Waals surface area contributed by atoms with E-state index in [2.05, 4.69) is 10.1 Å².